The average molecular weight is 381 g/mol. The minimum Gasteiger partial charge on any atom is -0.467 e. The first-order chi connectivity index (χ1) is 13.3. The molecule has 7 heteroatoms. The zero-order chi connectivity index (χ0) is 20.5. The topological polar surface area (TPSA) is 90.0 Å². The summed E-state index contributed by atoms with van der Waals surface area (Å²) in [5.41, 5.74) is -0.227. The lowest BCUT2D eigenvalue weighted by Gasteiger charge is -2.34. The molecule has 2 aromatic rings. The number of carbonyl (C=O) groups excluding carboxylic acids is 4. The van der Waals surface area contributed by atoms with Gasteiger partial charge in [-0.1, -0.05) is 24.3 Å². The number of rotatable bonds is 5. The van der Waals surface area contributed by atoms with Crippen molar-refractivity contribution >= 4 is 23.8 Å². The number of imide groups is 1. The summed E-state index contributed by atoms with van der Waals surface area (Å²) in [7, 11) is 2.47. The molecule has 0 N–H and O–H groups in total. The third kappa shape index (κ3) is 3.05. The molecule has 0 fully saturated rings. The standard InChI is InChI=1S/C21H19NO6/c1-21(20(26)28-3,12-13-7-6-8-14(11-13)19(25)27-2)22-17(23)15-9-4-5-10-16(15)18(22)24/h4-11H,12H2,1-3H3/t21-/m0/s1. The third-order valence-electron chi connectivity index (χ3n) is 4.81. The molecule has 1 aliphatic rings. The second-order valence-corrected chi connectivity index (χ2v) is 6.63. The van der Waals surface area contributed by atoms with Crippen molar-refractivity contribution in [2.45, 2.75) is 18.9 Å². The average Bonchev–Trinajstić information content (AvgIpc) is 2.97. The lowest BCUT2D eigenvalue weighted by atomic mass is 9.90. The van der Waals surface area contributed by atoms with Crippen LogP contribution in [0.4, 0.5) is 0 Å². The summed E-state index contributed by atoms with van der Waals surface area (Å²) < 4.78 is 9.63. The molecular weight excluding hydrogens is 362 g/mol. The van der Waals surface area contributed by atoms with E-state index in [4.69, 9.17) is 9.47 Å². The highest BCUT2D eigenvalue weighted by Crippen LogP contribution is 2.32. The molecule has 3 rings (SSSR count). The molecule has 0 unspecified atom stereocenters. The maximum atomic E-state index is 12.9. The van der Waals surface area contributed by atoms with Crippen LogP contribution in [0.5, 0.6) is 0 Å². The Kier molecular flexibility index (Phi) is 5.00. The molecule has 0 saturated carbocycles. The van der Waals surface area contributed by atoms with E-state index in [1.807, 2.05) is 0 Å². The lowest BCUT2D eigenvalue weighted by Crippen LogP contribution is -2.57. The van der Waals surface area contributed by atoms with Crippen LogP contribution in [0.15, 0.2) is 48.5 Å². The summed E-state index contributed by atoms with van der Waals surface area (Å²) in [6, 6.07) is 12.9. The van der Waals surface area contributed by atoms with E-state index < -0.39 is 29.3 Å². The number of benzene rings is 2. The van der Waals surface area contributed by atoms with E-state index in [0.717, 1.165) is 4.90 Å². The fraction of sp³-hybridized carbons (Fsp3) is 0.238. The van der Waals surface area contributed by atoms with Gasteiger partial charge < -0.3 is 9.47 Å². The van der Waals surface area contributed by atoms with Gasteiger partial charge >= 0.3 is 11.9 Å². The van der Waals surface area contributed by atoms with Gasteiger partial charge in [-0.2, -0.15) is 0 Å². The van der Waals surface area contributed by atoms with E-state index in [-0.39, 0.29) is 17.5 Å². The van der Waals surface area contributed by atoms with Crippen molar-refractivity contribution in [2.75, 3.05) is 14.2 Å². The molecule has 2 amide bonds. The fourth-order valence-electron chi connectivity index (χ4n) is 3.42. The molecular formula is C21H19NO6. The molecule has 0 bridgehead atoms. The van der Waals surface area contributed by atoms with Gasteiger partial charge in [-0.05, 0) is 36.8 Å². The summed E-state index contributed by atoms with van der Waals surface area (Å²) in [6.07, 6.45) is -0.0179. The van der Waals surface area contributed by atoms with Crippen LogP contribution in [0.2, 0.25) is 0 Å². The normalized spacial score (nSPS) is 15.0. The number of ether oxygens (including phenoxy) is 2. The molecule has 144 valence electrons. The Morgan fingerprint density at radius 2 is 1.54 bits per heavy atom. The number of hydrogen-bond acceptors (Lipinski definition) is 6. The Bertz CT molecular complexity index is 947. The zero-order valence-electron chi connectivity index (χ0n) is 15.7. The fourth-order valence-corrected chi connectivity index (χ4v) is 3.42. The lowest BCUT2D eigenvalue weighted by molar-refractivity contribution is -0.151. The minimum absolute atomic E-state index is 0.0179. The predicted octanol–water partition coefficient (Wildman–Crippen LogP) is 2.24. The van der Waals surface area contributed by atoms with Crippen molar-refractivity contribution in [1.82, 2.24) is 4.90 Å². The Labute approximate surface area is 161 Å². The number of amides is 2. The van der Waals surface area contributed by atoms with E-state index in [1.165, 1.54) is 21.1 Å². The summed E-state index contributed by atoms with van der Waals surface area (Å²) in [6.45, 7) is 1.48. The quantitative estimate of drug-likeness (QED) is 0.583. The van der Waals surface area contributed by atoms with Crippen molar-refractivity contribution in [1.29, 1.82) is 0 Å². The summed E-state index contributed by atoms with van der Waals surface area (Å²) >= 11 is 0. The zero-order valence-corrected chi connectivity index (χ0v) is 15.7. The molecule has 0 aromatic heterocycles. The van der Waals surface area contributed by atoms with Gasteiger partial charge in [-0.3, -0.25) is 14.5 Å². The van der Waals surface area contributed by atoms with Gasteiger partial charge in [0.1, 0.15) is 5.54 Å². The van der Waals surface area contributed by atoms with E-state index >= 15 is 0 Å². The molecule has 0 saturated heterocycles. The Morgan fingerprint density at radius 1 is 0.929 bits per heavy atom. The minimum atomic E-state index is -1.59. The summed E-state index contributed by atoms with van der Waals surface area (Å²) in [4.78, 5) is 51.2. The number of hydrogen-bond donors (Lipinski definition) is 0. The van der Waals surface area contributed by atoms with Crippen molar-refractivity contribution in [2.24, 2.45) is 0 Å². The van der Waals surface area contributed by atoms with E-state index in [0.29, 0.717) is 11.1 Å². The second kappa shape index (κ2) is 7.26. The highest BCUT2D eigenvalue weighted by Gasteiger charge is 2.51. The molecule has 1 atom stereocenters. The van der Waals surface area contributed by atoms with Gasteiger partial charge in [-0.25, -0.2) is 9.59 Å². The molecule has 7 nitrogen and oxygen atoms in total. The molecule has 0 radical (unpaired) electrons. The van der Waals surface area contributed by atoms with Gasteiger partial charge in [0.05, 0.1) is 30.9 Å². The van der Waals surface area contributed by atoms with Crippen LogP contribution in [0.25, 0.3) is 0 Å². The van der Waals surface area contributed by atoms with E-state index in [9.17, 15) is 19.2 Å². The second-order valence-electron chi connectivity index (χ2n) is 6.63. The van der Waals surface area contributed by atoms with Gasteiger partial charge in [0.2, 0.25) is 0 Å². The number of nitrogens with zero attached hydrogens (tertiary/aromatic N) is 1. The Hall–Kier alpha value is -3.48. The number of methoxy groups -OCH3 is 2. The first-order valence-corrected chi connectivity index (χ1v) is 8.57. The Morgan fingerprint density at radius 3 is 2.07 bits per heavy atom. The first kappa shape index (κ1) is 19.3. The van der Waals surface area contributed by atoms with E-state index in [1.54, 1.807) is 48.5 Å². The largest absolute Gasteiger partial charge is 0.467 e. The predicted molar refractivity (Wildman–Crippen MR) is 98.8 cm³/mol. The highest BCUT2D eigenvalue weighted by molar-refractivity contribution is 6.23. The van der Waals surface area contributed by atoms with Gasteiger partial charge in [0.25, 0.3) is 11.8 Å². The SMILES string of the molecule is COC(=O)c1cccc(C[C@@](C)(C(=O)OC)N2C(=O)c3ccccc3C2=O)c1. The van der Waals surface area contributed by atoms with Crippen LogP contribution in [0, 0.1) is 0 Å². The third-order valence-corrected chi connectivity index (χ3v) is 4.81. The van der Waals surface area contributed by atoms with Crippen molar-refractivity contribution in [3.8, 4) is 0 Å². The smallest absolute Gasteiger partial charge is 0.337 e. The van der Waals surface area contributed by atoms with Crippen LogP contribution in [-0.4, -0.2) is 48.4 Å². The summed E-state index contributed by atoms with van der Waals surface area (Å²) in [5.74, 6) is -2.37. The van der Waals surface area contributed by atoms with Crippen LogP contribution < -0.4 is 0 Å². The number of esters is 2. The maximum Gasteiger partial charge on any atom is 0.337 e. The van der Waals surface area contributed by atoms with Crippen LogP contribution >= 0.6 is 0 Å². The van der Waals surface area contributed by atoms with Crippen LogP contribution in [0.1, 0.15) is 43.6 Å². The highest BCUT2D eigenvalue weighted by atomic mass is 16.5. The van der Waals surface area contributed by atoms with Gasteiger partial charge in [0.15, 0.2) is 0 Å². The maximum absolute atomic E-state index is 12.9. The summed E-state index contributed by atoms with van der Waals surface area (Å²) in [5, 5.41) is 0. The van der Waals surface area contributed by atoms with Crippen LogP contribution in [-0.2, 0) is 20.7 Å². The number of carbonyl (C=O) groups is 4. The first-order valence-electron chi connectivity index (χ1n) is 8.57. The monoisotopic (exact) mass is 381 g/mol. The molecule has 0 spiro atoms. The Balaban J connectivity index is 2.04. The van der Waals surface area contributed by atoms with Gasteiger partial charge in [0, 0.05) is 6.42 Å². The molecule has 2 aromatic carbocycles. The molecule has 1 heterocycles. The molecule has 1 aliphatic heterocycles. The van der Waals surface area contributed by atoms with Crippen molar-refractivity contribution in [3.63, 3.8) is 0 Å². The van der Waals surface area contributed by atoms with E-state index in [2.05, 4.69) is 0 Å². The molecule has 0 aliphatic carbocycles. The van der Waals surface area contributed by atoms with Crippen molar-refractivity contribution in [3.05, 3.63) is 70.8 Å². The van der Waals surface area contributed by atoms with Crippen molar-refractivity contribution < 1.29 is 28.7 Å². The van der Waals surface area contributed by atoms with Gasteiger partial charge in [-0.15, -0.1) is 0 Å². The number of fused-ring (bicyclic) bond motifs is 1. The van der Waals surface area contributed by atoms with Crippen LogP contribution in [0.3, 0.4) is 0 Å². The molecule has 28 heavy (non-hydrogen) atoms.